The number of imidazole rings is 1. The van der Waals surface area contributed by atoms with E-state index in [1.54, 1.807) is 12.4 Å². The molecule has 3 aromatic heterocycles. The molecule has 31 heavy (non-hydrogen) atoms. The third-order valence-electron chi connectivity index (χ3n) is 5.36. The number of aromatic nitrogens is 4. The highest BCUT2D eigenvalue weighted by molar-refractivity contribution is 5.45. The second kappa shape index (κ2) is 10.5. The van der Waals surface area contributed by atoms with Gasteiger partial charge in [-0.15, -0.1) is 0 Å². The summed E-state index contributed by atoms with van der Waals surface area (Å²) in [5.41, 5.74) is 4.10. The molecule has 0 radical (unpaired) electrons. The minimum absolute atomic E-state index is 0.252. The Balaban J connectivity index is 1.38. The first kappa shape index (κ1) is 20.8. The molecule has 158 valence electrons. The smallest absolute Gasteiger partial charge is 0.180 e. The number of aromatic amines is 1. The highest BCUT2D eigenvalue weighted by atomic mass is 16.3. The van der Waals surface area contributed by atoms with E-state index in [2.05, 4.69) is 38.1 Å². The summed E-state index contributed by atoms with van der Waals surface area (Å²) in [4.78, 5) is 14.8. The Morgan fingerprint density at radius 3 is 2.35 bits per heavy atom. The largest absolute Gasteiger partial charge is 0.506 e. The molecule has 0 fully saturated rings. The van der Waals surface area contributed by atoms with Crippen LogP contribution in [-0.4, -0.2) is 44.2 Å². The number of rotatable bonds is 10. The Bertz CT molecular complexity index is 1020. The van der Waals surface area contributed by atoms with Gasteiger partial charge < -0.3 is 14.6 Å². The summed E-state index contributed by atoms with van der Waals surface area (Å²) in [5.74, 6) is 0.252. The molecule has 0 unspecified atom stereocenters. The van der Waals surface area contributed by atoms with E-state index in [9.17, 15) is 5.11 Å². The van der Waals surface area contributed by atoms with Gasteiger partial charge in [0.2, 0.25) is 0 Å². The molecule has 0 saturated heterocycles. The highest BCUT2D eigenvalue weighted by Crippen LogP contribution is 2.20. The molecule has 6 heteroatoms. The lowest BCUT2D eigenvalue weighted by Crippen LogP contribution is -2.32. The summed E-state index contributed by atoms with van der Waals surface area (Å²) in [7, 11) is 0. The molecular formula is C25H28N5O+. The van der Waals surface area contributed by atoms with E-state index >= 15 is 0 Å². The lowest BCUT2D eigenvalue weighted by Gasteiger charge is -2.21. The van der Waals surface area contributed by atoms with Gasteiger partial charge in [-0.25, -0.2) is 9.97 Å². The number of hydrogen-bond donors (Lipinski definition) is 1. The lowest BCUT2D eigenvalue weighted by atomic mass is 10.2. The number of hydrogen-bond acceptors (Lipinski definition) is 4. The third-order valence-corrected chi connectivity index (χ3v) is 5.36. The molecule has 0 aliphatic heterocycles. The Morgan fingerprint density at radius 2 is 1.58 bits per heavy atom. The quantitative estimate of drug-likeness (QED) is 0.433. The van der Waals surface area contributed by atoms with Gasteiger partial charge in [-0.3, -0.25) is 4.98 Å². The molecule has 3 heterocycles. The number of aromatic hydroxyl groups is 1. The first-order valence-electron chi connectivity index (χ1n) is 10.7. The van der Waals surface area contributed by atoms with Crippen LogP contribution in [0.4, 0.5) is 0 Å². The van der Waals surface area contributed by atoms with Gasteiger partial charge >= 0.3 is 0 Å². The van der Waals surface area contributed by atoms with Crippen LogP contribution < -0.4 is 4.98 Å². The van der Waals surface area contributed by atoms with E-state index in [0.29, 0.717) is 0 Å². The molecule has 4 rings (SSSR count). The summed E-state index contributed by atoms with van der Waals surface area (Å²) >= 11 is 0. The average molecular weight is 415 g/mol. The van der Waals surface area contributed by atoms with E-state index in [-0.39, 0.29) is 5.75 Å². The van der Waals surface area contributed by atoms with Crippen LogP contribution in [0.2, 0.25) is 0 Å². The standard InChI is InChI=1S/C25H27N5O/c31-25-10-2-1-9-24(25)30-19-23(28-20-30)13-18-29(16-11-21-7-3-5-14-26-21)17-12-22-8-4-6-15-27-22/h1-10,14-15,19-20,31H,11-13,16-18H2/p+1. The van der Waals surface area contributed by atoms with E-state index in [4.69, 9.17) is 0 Å². The van der Waals surface area contributed by atoms with Crippen LogP contribution in [0.1, 0.15) is 17.1 Å². The molecular weight excluding hydrogens is 386 g/mol. The molecule has 0 saturated carbocycles. The summed E-state index contributed by atoms with van der Waals surface area (Å²) in [5, 5.41) is 10.1. The average Bonchev–Trinajstić information content (AvgIpc) is 3.29. The normalized spacial score (nSPS) is 11.1. The molecule has 0 aliphatic carbocycles. The second-order valence-corrected chi connectivity index (χ2v) is 7.56. The molecule has 4 aromatic rings. The van der Waals surface area contributed by atoms with E-state index in [1.165, 1.54) is 5.69 Å². The second-order valence-electron chi connectivity index (χ2n) is 7.56. The van der Waals surface area contributed by atoms with Gasteiger partial charge in [0.15, 0.2) is 11.9 Å². The van der Waals surface area contributed by atoms with Gasteiger partial charge in [-0.05, 0) is 24.3 Å². The van der Waals surface area contributed by atoms with Crippen molar-refractivity contribution in [3.63, 3.8) is 0 Å². The molecule has 0 amide bonds. The SMILES string of the molecule is Oc1ccccc1-n1cnc(CCN(CCc2ccccn2)CCc2cccc[nH+]2)c1. The van der Waals surface area contributed by atoms with Crippen molar-refractivity contribution in [1.29, 1.82) is 0 Å². The molecule has 0 bridgehead atoms. The Labute approximate surface area is 182 Å². The number of H-pyrrole nitrogens is 1. The van der Waals surface area contributed by atoms with Crippen molar-refractivity contribution < 1.29 is 10.1 Å². The number of nitrogens with one attached hydrogen (secondary N) is 1. The van der Waals surface area contributed by atoms with Gasteiger partial charge in [0.25, 0.3) is 0 Å². The van der Waals surface area contributed by atoms with Gasteiger partial charge in [0.1, 0.15) is 5.75 Å². The number of pyridine rings is 2. The first-order chi connectivity index (χ1) is 15.3. The maximum Gasteiger partial charge on any atom is 0.180 e. The molecule has 1 aromatic carbocycles. The Morgan fingerprint density at radius 1 is 0.806 bits per heavy atom. The third kappa shape index (κ3) is 5.99. The van der Waals surface area contributed by atoms with Crippen LogP contribution in [0.15, 0.2) is 85.6 Å². The van der Waals surface area contributed by atoms with Gasteiger partial charge in [-0.2, -0.15) is 0 Å². The topological polar surface area (TPSA) is 68.3 Å². The lowest BCUT2D eigenvalue weighted by molar-refractivity contribution is -0.390. The molecule has 2 N–H and O–H groups in total. The van der Waals surface area contributed by atoms with Crippen molar-refractivity contribution in [2.24, 2.45) is 0 Å². The van der Waals surface area contributed by atoms with Crippen LogP contribution in [0.5, 0.6) is 5.75 Å². The number of phenols is 1. The minimum Gasteiger partial charge on any atom is -0.506 e. The molecule has 0 aliphatic rings. The number of nitrogens with zero attached hydrogens (tertiary/aromatic N) is 4. The summed E-state index contributed by atoms with van der Waals surface area (Å²) in [6.07, 6.45) is 10.3. The van der Waals surface area contributed by atoms with Crippen molar-refractivity contribution in [2.75, 3.05) is 19.6 Å². The number of benzene rings is 1. The van der Waals surface area contributed by atoms with E-state index in [0.717, 1.165) is 56.0 Å². The van der Waals surface area contributed by atoms with Crippen LogP contribution >= 0.6 is 0 Å². The Hall–Kier alpha value is -3.51. The maximum atomic E-state index is 10.1. The zero-order valence-corrected chi connectivity index (χ0v) is 17.6. The van der Waals surface area contributed by atoms with Gasteiger partial charge in [0.05, 0.1) is 17.7 Å². The molecule has 0 spiro atoms. The predicted octanol–water partition coefficient (Wildman–Crippen LogP) is 3.12. The minimum atomic E-state index is 0.252. The monoisotopic (exact) mass is 414 g/mol. The van der Waals surface area contributed by atoms with E-state index < -0.39 is 0 Å². The summed E-state index contributed by atoms with van der Waals surface area (Å²) in [6.45, 7) is 2.83. The van der Waals surface area contributed by atoms with Crippen molar-refractivity contribution >= 4 is 0 Å². The van der Waals surface area contributed by atoms with Crippen LogP contribution in [0, 0.1) is 0 Å². The molecule has 0 atom stereocenters. The number of phenolic OH excluding ortho intramolecular Hbond substituents is 1. The predicted molar refractivity (Wildman–Crippen MR) is 120 cm³/mol. The van der Waals surface area contributed by atoms with Gasteiger partial charge in [-0.1, -0.05) is 24.3 Å². The van der Waals surface area contributed by atoms with Crippen molar-refractivity contribution in [3.05, 3.63) is 103 Å². The fourth-order valence-corrected chi connectivity index (χ4v) is 3.60. The van der Waals surface area contributed by atoms with Crippen molar-refractivity contribution in [3.8, 4) is 11.4 Å². The van der Waals surface area contributed by atoms with Crippen molar-refractivity contribution in [2.45, 2.75) is 19.3 Å². The maximum absolute atomic E-state index is 10.1. The fraction of sp³-hybridized carbons (Fsp3) is 0.240. The zero-order chi connectivity index (χ0) is 21.3. The summed E-state index contributed by atoms with van der Waals surface area (Å²) < 4.78 is 1.88. The molecule has 6 nitrogen and oxygen atoms in total. The van der Waals surface area contributed by atoms with Gasteiger partial charge in [0, 0.05) is 69.1 Å². The Kier molecular flexibility index (Phi) is 7.03. The summed E-state index contributed by atoms with van der Waals surface area (Å²) in [6, 6.07) is 19.6. The fourth-order valence-electron chi connectivity index (χ4n) is 3.60. The van der Waals surface area contributed by atoms with Crippen LogP contribution in [-0.2, 0) is 19.3 Å². The number of para-hydroxylation sites is 2. The first-order valence-corrected chi connectivity index (χ1v) is 10.7. The highest BCUT2D eigenvalue weighted by Gasteiger charge is 2.11. The zero-order valence-electron chi connectivity index (χ0n) is 17.6. The van der Waals surface area contributed by atoms with Crippen LogP contribution in [0.3, 0.4) is 0 Å². The van der Waals surface area contributed by atoms with Crippen molar-refractivity contribution in [1.82, 2.24) is 19.4 Å². The van der Waals surface area contributed by atoms with Crippen LogP contribution in [0.25, 0.3) is 5.69 Å². The van der Waals surface area contributed by atoms with E-state index in [1.807, 2.05) is 59.6 Å².